The van der Waals surface area contributed by atoms with E-state index in [4.69, 9.17) is 19.8 Å². The van der Waals surface area contributed by atoms with Gasteiger partial charge in [-0.2, -0.15) is 5.10 Å². The van der Waals surface area contributed by atoms with E-state index in [1.165, 1.54) is 5.56 Å². The zero-order chi connectivity index (χ0) is 24.8. The highest BCUT2D eigenvalue weighted by Crippen LogP contribution is 2.33. The number of hydrogen-bond donors (Lipinski definition) is 0. The third kappa shape index (κ3) is 4.12. The molecule has 2 fully saturated rings. The molecule has 2 aliphatic heterocycles. The van der Waals surface area contributed by atoms with Crippen molar-refractivity contribution in [3.63, 3.8) is 0 Å². The smallest absolute Gasteiger partial charge is 0.207 e. The van der Waals surface area contributed by atoms with Crippen LogP contribution in [0.2, 0.25) is 0 Å². The fourth-order valence-electron chi connectivity index (χ4n) is 5.31. The van der Waals surface area contributed by atoms with Crippen LogP contribution in [0, 0.1) is 6.92 Å². The standard InChI is InChI=1S/C27H34N8O/c1-19-6-5-7-20(16-19)22-9-11-35(30-22)24-17-23(33-12-14-36-15-13-33)25-26(28-24)32(4)27(29-25)34-10-8-21(18-34)31(2)3/h5-7,9,11,16-17,21H,8,10,12-15,18H2,1-4H3. The summed E-state index contributed by atoms with van der Waals surface area (Å²) < 4.78 is 9.67. The van der Waals surface area contributed by atoms with E-state index in [1.807, 2.05) is 10.9 Å². The second-order valence-corrected chi connectivity index (χ2v) is 10.1. The van der Waals surface area contributed by atoms with Gasteiger partial charge in [0.25, 0.3) is 0 Å². The zero-order valence-corrected chi connectivity index (χ0v) is 21.6. The molecule has 9 heteroatoms. The number of benzene rings is 1. The molecule has 0 radical (unpaired) electrons. The molecule has 3 aromatic heterocycles. The van der Waals surface area contributed by atoms with Crippen molar-refractivity contribution in [2.45, 2.75) is 19.4 Å². The lowest BCUT2D eigenvalue weighted by atomic mass is 10.1. The number of nitrogens with zero attached hydrogens (tertiary/aromatic N) is 8. The van der Waals surface area contributed by atoms with Crippen LogP contribution in [0.4, 0.5) is 11.6 Å². The van der Waals surface area contributed by atoms with E-state index < -0.39 is 0 Å². The number of imidazole rings is 1. The molecule has 0 aliphatic carbocycles. The Bertz CT molecular complexity index is 1380. The molecule has 2 saturated heterocycles. The van der Waals surface area contributed by atoms with Crippen LogP contribution in [0.5, 0.6) is 0 Å². The minimum absolute atomic E-state index is 0.538. The summed E-state index contributed by atoms with van der Waals surface area (Å²) >= 11 is 0. The van der Waals surface area contributed by atoms with Gasteiger partial charge in [-0.15, -0.1) is 0 Å². The van der Waals surface area contributed by atoms with Gasteiger partial charge in [0.1, 0.15) is 5.52 Å². The molecule has 188 valence electrons. The predicted molar refractivity (Wildman–Crippen MR) is 143 cm³/mol. The molecule has 1 unspecified atom stereocenters. The summed E-state index contributed by atoms with van der Waals surface area (Å²) in [6.07, 6.45) is 3.13. The van der Waals surface area contributed by atoms with E-state index in [9.17, 15) is 0 Å². The minimum Gasteiger partial charge on any atom is -0.378 e. The van der Waals surface area contributed by atoms with Crippen LogP contribution < -0.4 is 9.80 Å². The quantitative estimate of drug-likeness (QED) is 0.429. The van der Waals surface area contributed by atoms with Gasteiger partial charge in [-0.05, 0) is 39.6 Å². The molecule has 0 bridgehead atoms. The van der Waals surface area contributed by atoms with Crippen molar-refractivity contribution < 1.29 is 4.74 Å². The molecule has 0 saturated carbocycles. The maximum absolute atomic E-state index is 5.64. The lowest BCUT2D eigenvalue weighted by Gasteiger charge is -2.29. The van der Waals surface area contributed by atoms with Crippen molar-refractivity contribution in [1.29, 1.82) is 0 Å². The number of hydrogen-bond acceptors (Lipinski definition) is 7. The topological polar surface area (TPSA) is 67.5 Å². The fourth-order valence-corrected chi connectivity index (χ4v) is 5.31. The van der Waals surface area contributed by atoms with E-state index in [2.05, 4.69) is 83.7 Å². The van der Waals surface area contributed by atoms with Crippen molar-refractivity contribution in [2.75, 3.05) is 63.3 Å². The summed E-state index contributed by atoms with van der Waals surface area (Å²) in [5.74, 6) is 1.78. The van der Waals surface area contributed by atoms with Gasteiger partial charge in [-0.1, -0.05) is 23.8 Å². The number of ether oxygens (including phenoxy) is 1. The minimum atomic E-state index is 0.538. The van der Waals surface area contributed by atoms with Gasteiger partial charge >= 0.3 is 0 Å². The third-order valence-electron chi connectivity index (χ3n) is 7.44. The Morgan fingerprint density at radius 2 is 1.83 bits per heavy atom. The van der Waals surface area contributed by atoms with Crippen LogP contribution in [0.25, 0.3) is 28.2 Å². The SMILES string of the molecule is Cc1cccc(-c2ccn(-c3cc(N4CCOCC4)c4nc(N5CCC(N(C)C)C5)n(C)c4n3)n2)c1. The third-order valence-corrected chi connectivity index (χ3v) is 7.44. The number of rotatable bonds is 5. The first-order valence-electron chi connectivity index (χ1n) is 12.7. The Morgan fingerprint density at radius 1 is 1.00 bits per heavy atom. The number of pyridine rings is 1. The molecular formula is C27H34N8O. The summed E-state index contributed by atoms with van der Waals surface area (Å²) in [6.45, 7) is 7.19. The molecule has 0 N–H and O–H groups in total. The molecule has 0 amide bonds. The highest BCUT2D eigenvalue weighted by atomic mass is 16.5. The Hall–Kier alpha value is -3.43. The Morgan fingerprint density at radius 3 is 2.58 bits per heavy atom. The van der Waals surface area contributed by atoms with Crippen LogP contribution in [-0.4, -0.2) is 88.7 Å². The normalized spacial score (nSPS) is 18.6. The Balaban J connectivity index is 1.44. The fraction of sp³-hybridized carbons (Fsp3) is 0.444. The summed E-state index contributed by atoms with van der Waals surface area (Å²) in [5.41, 5.74) is 6.18. The van der Waals surface area contributed by atoms with E-state index in [1.54, 1.807) is 0 Å². The van der Waals surface area contributed by atoms with E-state index >= 15 is 0 Å². The summed E-state index contributed by atoms with van der Waals surface area (Å²) in [4.78, 5) is 17.3. The van der Waals surface area contributed by atoms with Gasteiger partial charge in [0.2, 0.25) is 5.95 Å². The summed E-state index contributed by atoms with van der Waals surface area (Å²) in [6, 6.07) is 13.1. The molecule has 4 aromatic rings. The maximum Gasteiger partial charge on any atom is 0.207 e. The van der Waals surface area contributed by atoms with Crippen molar-refractivity contribution in [1.82, 2.24) is 29.2 Å². The van der Waals surface area contributed by atoms with Crippen LogP contribution in [0.3, 0.4) is 0 Å². The van der Waals surface area contributed by atoms with E-state index in [-0.39, 0.29) is 0 Å². The number of anilines is 2. The maximum atomic E-state index is 5.64. The predicted octanol–water partition coefficient (Wildman–Crippen LogP) is 3.11. The summed E-state index contributed by atoms with van der Waals surface area (Å²) in [5, 5.41) is 4.89. The van der Waals surface area contributed by atoms with Crippen molar-refractivity contribution in [3.8, 4) is 17.1 Å². The van der Waals surface area contributed by atoms with Gasteiger partial charge < -0.3 is 19.4 Å². The van der Waals surface area contributed by atoms with Crippen molar-refractivity contribution in [2.24, 2.45) is 7.05 Å². The second-order valence-electron chi connectivity index (χ2n) is 10.1. The average Bonchev–Trinajstić information content (AvgIpc) is 3.63. The first-order chi connectivity index (χ1) is 17.5. The van der Waals surface area contributed by atoms with Crippen LogP contribution in [0.1, 0.15) is 12.0 Å². The van der Waals surface area contributed by atoms with Crippen molar-refractivity contribution in [3.05, 3.63) is 48.2 Å². The monoisotopic (exact) mass is 486 g/mol. The number of fused-ring (bicyclic) bond motifs is 1. The Labute approximate surface area is 211 Å². The molecular weight excluding hydrogens is 452 g/mol. The van der Waals surface area contributed by atoms with Gasteiger partial charge in [-0.25, -0.2) is 14.6 Å². The molecule has 36 heavy (non-hydrogen) atoms. The number of likely N-dealkylation sites (N-methyl/N-ethyl adjacent to an activating group) is 1. The Kier molecular flexibility index (Phi) is 5.89. The number of aromatic nitrogens is 5. The molecule has 0 spiro atoms. The van der Waals surface area contributed by atoms with Gasteiger partial charge in [0, 0.05) is 57.1 Å². The second kappa shape index (κ2) is 9.22. The van der Waals surface area contributed by atoms with Crippen molar-refractivity contribution >= 4 is 22.8 Å². The first kappa shape index (κ1) is 23.0. The van der Waals surface area contributed by atoms with Gasteiger partial charge in [0.15, 0.2) is 11.5 Å². The molecule has 1 atom stereocenters. The van der Waals surface area contributed by atoms with Gasteiger partial charge in [-0.3, -0.25) is 4.57 Å². The first-order valence-corrected chi connectivity index (χ1v) is 12.7. The highest BCUT2D eigenvalue weighted by Gasteiger charge is 2.29. The lowest BCUT2D eigenvalue weighted by molar-refractivity contribution is 0.123. The lowest BCUT2D eigenvalue weighted by Crippen LogP contribution is -2.36. The largest absolute Gasteiger partial charge is 0.378 e. The molecule has 5 heterocycles. The highest BCUT2D eigenvalue weighted by molar-refractivity contribution is 5.90. The van der Waals surface area contributed by atoms with Gasteiger partial charge in [0.05, 0.1) is 24.6 Å². The van der Waals surface area contributed by atoms with E-state index in [0.717, 1.165) is 85.7 Å². The molecule has 9 nitrogen and oxygen atoms in total. The summed E-state index contributed by atoms with van der Waals surface area (Å²) in [7, 11) is 6.39. The molecule has 2 aliphatic rings. The number of morpholine rings is 1. The zero-order valence-electron chi connectivity index (χ0n) is 21.6. The van der Waals surface area contributed by atoms with Crippen LogP contribution >= 0.6 is 0 Å². The van der Waals surface area contributed by atoms with Crippen LogP contribution in [0.15, 0.2) is 42.6 Å². The average molecular weight is 487 g/mol. The van der Waals surface area contributed by atoms with E-state index in [0.29, 0.717) is 6.04 Å². The number of aryl methyl sites for hydroxylation is 2. The van der Waals surface area contributed by atoms with Crippen LogP contribution in [-0.2, 0) is 11.8 Å². The molecule has 1 aromatic carbocycles. The molecule has 6 rings (SSSR count).